The van der Waals surface area contributed by atoms with Gasteiger partial charge in [-0.1, -0.05) is 29.8 Å². The molecule has 2 aromatic rings. The highest BCUT2D eigenvalue weighted by Gasteiger charge is 2.21. The molecule has 0 unspecified atom stereocenters. The first-order chi connectivity index (χ1) is 9.81. The van der Waals surface area contributed by atoms with E-state index in [1.54, 1.807) is 12.4 Å². The lowest BCUT2D eigenvalue weighted by atomic mass is 10.1. The van der Waals surface area contributed by atoms with Crippen LogP contribution in [0.1, 0.15) is 12.8 Å². The predicted molar refractivity (Wildman–Crippen MR) is 82.3 cm³/mol. The lowest BCUT2D eigenvalue weighted by molar-refractivity contribution is 0.523. The molecule has 5 heteroatoms. The lowest BCUT2D eigenvalue weighted by Crippen LogP contribution is -2.42. The van der Waals surface area contributed by atoms with Crippen molar-refractivity contribution in [1.29, 1.82) is 0 Å². The zero-order valence-electron chi connectivity index (χ0n) is 11.2. The molecule has 4 nitrogen and oxygen atoms in total. The minimum absolute atomic E-state index is 0.422. The summed E-state index contributed by atoms with van der Waals surface area (Å²) in [4.78, 5) is 10.8. The summed E-state index contributed by atoms with van der Waals surface area (Å²) in [5.74, 6) is 0.758. The molecule has 1 aliphatic rings. The van der Waals surface area contributed by atoms with Gasteiger partial charge >= 0.3 is 0 Å². The molecular weight excluding hydrogens is 272 g/mol. The molecule has 1 saturated heterocycles. The van der Waals surface area contributed by atoms with Crippen molar-refractivity contribution in [2.75, 3.05) is 23.3 Å². The van der Waals surface area contributed by atoms with E-state index in [0.717, 1.165) is 31.1 Å². The van der Waals surface area contributed by atoms with Gasteiger partial charge in [0, 0.05) is 24.8 Å². The molecule has 104 valence electrons. The molecule has 0 bridgehead atoms. The van der Waals surface area contributed by atoms with Crippen LogP contribution in [0.3, 0.4) is 0 Å². The molecule has 20 heavy (non-hydrogen) atoms. The normalized spacial score (nSPS) is 18.9. The Bertz CT molecular complexity index is 544. The van der Waals surface area contributed by atoms with Crippen LogP contribution in [0.5, 0.6) is 0 Å². The van der Waals surface area contributed by atoms with E-state index in [1.165, 1.54) is 6.42 Å². The summed E-state index contributed by atoms with van der Waals surface area (Å²) >= 11 is 5.83. The molecule has 0 spiro atoms. The van der Waals surface area contributed by atoms with E-state index in [1.807, 2.05) is 18.2 Å². The van der Waals surface area contributed by atoms with E-state index in [0.29, 0.717) is 11.1 Å². The van der Waals surface area contributed by atoms with Crippen LogP contribution in [-0.2, 0) is 0 Å². The number of nitrogens with zero attached hydrogens (tertiary/aromatic N) is 3. The maximum absolute atomic E-state index is 5.83. The number of halogens is 1. The maximum atomic E-state index is 5.83. The van der Waals surface area contributed by atoms with Crippen molar-refractivity contribution in [3.63, 3.8) is 0 Å². The fourth-order valence-electron chi connectivity index (χ4n) is 2.52. The molecular formula is C15H17ClN4. The summed E-state index contributed by atoms with van der Waals surface area (Å²) < 4.78 is 0. The third-order valence-electron chi connectivity index (χ3n) is 3.46. The van der Waals surface area contributed by atoms with Gasteiger partial charge in [0.25, 0.3) is 0 Å². The molecule has 0 radical (unpaired) electrons. The number of hydrogen-bond acceptors (Lipinski definition) is 4. The van der Waals surface area contributed by atoms with E-state index >= 15 is 0 Å². The molecule has 0 saturated carbocycles. The van der Waals surface area contributed by atoms with Crippen LogP contribution in [0.4, 0.5) is 11.6 Å². The summed E-state index contributed by atoms with van der Waals surface area (Å²) in [6, 6.07) is 10.7. The average Bonchev–Trinajstić information content (AvgIpc) is 2.49. The Kier molecular flexibility index (Phi) is 4.02. The van der Waals surface area contributed by atoms with Crippen molar-refractivity contribution >= 4 is 23.2 Å². The molecule has 1 aliphatic heterocycles. The van der Waals surface area contributed by atoms with E-state index < -0.39 is 0 Å². The van der Waals surface area contributed by atoms with Gasteiger partial charge in [0.2, 0.25) is 5.95 Å². The quantitative estimate of drug-likeness (QED) is 0.941. The second kappa shape index (κ2) is 6.09. The van der Waals surface area contributed by atoms with Gasteiger partial charge in [0.05, 0.1) is 17.4 Å². The minimum Gasteiger partial charge on any atom is -0.381 e. The van der Waals surface area contributed by atoms with E-state index in [2.05, 4.69) is 32.3 Å². The maximum Gasteiger partial charge on any atom is 0.225 e. The van der Waals surface area contributed by atoms with Gasteiger partial charge in [0.15, 0.2) is 0 Å². The molecule has 3 rings (SSSR count). The molecule has 0 amide bonds. The second-order valence-corrected chi connectivity index (χ2v) is 5.43. The number of hydrogen-bond donors (Lipinski definition) is 1. The lowest BCUT2D eigenvalue weighted by Gasteiger charge is -2.33. The van der Waals surface area contributed by atoms with Crippen molar-refractivity contribution in [3.05, 3.63) is 47.7 Å². The highest BCUT2D eigenvalue weighted by atomic mass is 35.5. The predicted octanol–water partition coefficient (Wildman–Crippen LogP) is 3.21. The Hall–Kier alpha value is -1.81. The van der Waals surface area contributed by atoms with Gasteiger partial charge in [0.1, 0.15) is 0 Å². The topological polar surface area (TPSA) is 41.1 Å². The third kappa shape index (κ3) is 3.20. The number of nitrogens with one attached hydrogen (secondary N) is 1. The largest absolute Gasteiger partial charge is 0.381 e. The first-order valence-corrected chi connectivity index (χ1v) is 7.23. The molecule has 1 aromatic carbocycles. The SMILES string of the molecule is Clc1cnc(N2CCC[C@@H](Nc3ccccc3)C2)nc1. The first-order valence-electron chi connectivity index (χ1n) is 6.85. The fraction of sp³-hybridized carbons (Fsp3) is 0.333. The van der Waals surface area contributed by atoms with Crippen LogP contribution < -0.4 is 10.2 Å². The highest BCUT2D eigenvalue weighted by Crippen LogP contribution is 2.19. The molecule has 1 atom stereocenters. The number of para-hydroxylation sites is 1. The molecule has 1 aromatic heterocycles. The van der Waals surface area contributed by atoms with Gasteiger partial charge < -0.3 is 10.2 Å². The highest BCUT2D eigenvalue weighted by molar-refractivity contribution is 6.30. The zero-order valence-corrected chi connectivity index (χ0v) is 11.9. The van der Waals surface area contributed by atoms with E-state index in [9.17, 15) is 0 Å². The fourth-order valence-corrected chi connectivity index (χ4v) is 2.61. The van der Waals surface area contributed by atoms with E-state index in [4.69, 9.17) is 11.6 Å². The third-order valence-corrected chi connectivity index (χ3v) is 3.65. The number of benzene rings is 1. The Morgan fingerprint density at radius 2 is 1.90 bits per heavy atom. The van der Waals surface area contributed by atoms with Crippen molar-refractivity contribution in [1.82, 2.24) is 9.97 Å². The van der Waals surface area contributed by atoms with Crippen LogP contribution in [0.25, 0.3) is 0 Å². The van der Waals surface area contributed by atoms with Gasteiger partial charge in [-0.2, -0.15) is 0 Å². The van der Waals surface area contributed by atoms with Crippen molar-refractivity contribution in [3.8, 4) is 0 Å². The van der Waals surface area contributed by atoms with Gasteiger partial charge in [-0.05, 0) is 25.0 Å². The smallest absolute Gasteiger partial charge is 0.225 e. The van der Waals surface area contributed by atoms with Crippen LogP contribution in [0, 0.1) is 0 Å². The van der Waals surface area contributed by atoms with Gasteiger partial charge in [-0.25, -0.2) is 9.97 Å². The number of piperidine rings is 1. The van der Waals surface area contributed by atoms with Crippen LogP contribution >= 0.6 is 11.6 Å². The standard InChI is InChI=1S/C15H17ClN4/c16-12-9-17-15(18-10-12)20-8-4-7-14(11-20)19-13-5-2-1-3-6-13/h1-3,5-6,9-10,14,19H,4,7-8,11H2/t14-/m1/s1. The monoisotopic (exact) mass is 288 g/mol. The Morgan fingerprint density at radius 1 is 1.15 bits per heavy atom. The van der Waals surface area contributed by atoms with Crippen LogP contribution in [0.15, 0.2) is 42.7 Å². The van der Waals surface area contributed by atoms with E-state index in [-0.39, 0.29) is 0 Å². The second-order valence-electron chi connectivity index (χ2n) is 5.00. The summed E-state index contributed by atoms with van der Waals surface area (Å²) in [6.07, 6.45) is 5.60. The Labute approximate surface area is 123 Å². The summed E-state index contributed by atoms with van der Waals surface area (Å²) in [7, 11) is 0. The van der Waals surface area contributed by atoms with Gasteiger partial charge in [-0.3, -0.25) is 0 Å². The zero-order chi connectivity index (χ0) is 13.8. The summed E-state index contributed by atoms with van der Waals surface area (Å²) in [5, 5.41) is 4.14. The number of aromatic nitrogens is 2. The molecule has 1 fully saturated rings. The Balaban J connectivity index is 1.66. The minimum atomic E-state index is 0.422. The molecule has 2 heterocycles. The van der Waals surface area contributed by atoms with Crippen LogP contribution in [0.2, 0.25) is 5.02 Å². The van der Waals surface area contributed by atoms with Crippen molar-refractivity contribution < 1.29 is 0 Å². The number of anilines is 2. The van der Waals surface area contributed by atoms with Crippen molar-refractivity contribution in [2.45, 2.75) is 18.9 Å². The first kappa shape index (κ1) is 13.2. The van der Waals surface area contributed by atoms with Crippen LogP contribution in [-0.4, -0.2) is 29.1 Å². The summed E-state index contributed by atoms with van der Waals surface area (Å²) in [5.41, 5.74) is 1.16. The van der Waals surface area contributed by atoms with Crippen molar-refractivity contribution in [2.24, 2.45) is 0 Å². The molecule has 0 aliphatic carbocycles. The molecule has 1 N–H and O–H groups in total. The summed E-state index contributed by atoms with van der Waals surface area (Å²) in [6.45, 7) is 1.91. The number of rotatable bonds is 3. The van der Waals surface area contributed by atoms with Gasteiger partial charge in [-0.15, -0.1) is 0 Å². The average molecular weight is 289 g/mol. The Morgan fingerprint density at radius 3 is 2.65 bits per heavy atom.